The molecular weight excluding hydrogens is 336 g/mol. The summed E-state index contributed by atoms with van der Waals surface area (Å²) in [5, 5.41) is 14.5. The second-order valence-corrected chi connectivity index (χ2v) is 5.95. The Morgan fingerprint density at radius 2 is 1.92 bits per heavy atom. The van der Waals surface area contributed by atoms with Crippen molar-refractivity contribution in [2.75, 3.05) is 5.32 Å². The van der Waals surface area contributed by atoms with Gasteiger partial charge >= 0.3 is 6.01 Å². The van der Waals surface area contributed by atoms with Crippen LogP contribution in [0.15, 0.2) is 69.9 Å². The molecule has 1 N–H and O–H groups in total. The lowest BCUT2D eigenvalue weighted by Gasteiger charge is -2.00. The number of aromatic nitrogens is 3. The van der Waals surface area contributed by atoms with Gasteiger partial charge in [-0.25, -0.2) is 0 Å². The highest BCUT2D eigenvalue weighted by molar-refractivity contribution is 7.08. The van der Waals surface area contributed by atoms with Crippen LogP contribution in [0.3, 0.4) is 0 Å². The highest BCUT2D eigenvalue weighted by Crippen LogP contribution is 2.27. The highest BCUT2D eigenvalue weighted by Gasteiger charge is 2.13. The fraction of sp³-hybridized carbons (Fsp3) is 0. The van der Waals surface area contributed by atoms with E-state index in [1.165, 1.54) is 0 Å². The van der Waals surface area contributed by atoms with Gasteiger partial charge < -0.3 is 4.42 Å². The number of carbonyl (C=O) groups is 1. The van der Waals surface area contributed by atoms with Gasteiger partial charge in [-0.15, -0.1) is 5.10 Å². The lowest BCUT2D eigenvalue weighted by molar-refractivity contribution is 0.101. The largest absolute Gasteiger partial charge is 0.403 e. The van der Waals surface area contributed by atoms with E-state index in [2.05, 4.69) is 31.9 Å². The van der Waals surface area contributed by atoms with Crippen LogP contribution in [0, 0.1) is 0 Å². The van der Waals surface area contributed by atoms with E-state index in [1.54, 1.807) is 35.7 Å². The number of hydrogen-bond donors (Lipinski definition) is 1. The Kier molecular flexibility index (Phi) is 4.05. The fourth-order valence-corrected chi connectivity index (χ4v) is 2.97. The Morgan fingerprint density at radius 1 is 1.00 bits per heavy atom. The van der Waals surface area contributed by atoms with Crippen molar-refractivity contribution in [3.05, 3.63) is 71.2 Å². The van der Waals surface area contributed by atoms with E-state index in [4.69, 9.17) is 4.42 Å². The molecule has 1 amide bonds. The molecule has 1 aromatic carbocycles. The van der Waals surface area contributed by atoms with E-state index in [9.17, 15) is 4.79 Å². The van der Waals surface area contributed by atoms with Crippen LogP contribution in [0.25, 0.3) is 22.6 Å². The van der Waals surface area contributed by atoms with Crippen molar-refractivity contribution < 1.29 is 9.21 Å². The molecular formula is C18H12N4O2S. The number of anilines is 1. The average Bonchev–Trinajstić information content (AvgIpc) is 3.35. The minimum absolute atomic E-state index is 0.0339. The predicted molar refractivity (Wildman–Crippen MR) is 95.2 cm³/mol. The zero-order chi connectivity index (χ0) is 17.1. The molecule has 4 rings (SSSR count). The van der Waals surface area contributed by atoms with Crippen molar-refractivity contribution in [1.82, 2.24) is 15.2 Å². The van der Waals surface area contributed by atoms with Crippen molar-refractivity contribution in [2.24, 2.45) is 0 Å². The molecule has 122 valence electrons. The Balaban J connectivity index is 1.55. The molecule has 3 aromatic heterocycles. The molecule has 6 nitrogen and oxygen atoms in total. The summed E-state index contributed by atoms with van der Waals surface area (Å²) in [7, 11) is 0. The summed E-state index contributed by atoms with van der Waals surface area (Å²) in [4.78, 5) is 16.0. The lowest BCUT2D eigenvalue weighted by Crippen LogP contribution is -2.13. The number of thiophene rings is 1. The number of hydrogen-bond acceptors (Lipinski definition) is 6. The van der Waals surface area contributed by atoms with Gasteiger partial charge in [-0.3, -0.25) is 15.1 Å². The van der Waals surface area contributed by atoms with Gasteiger partial charge in [-0.2, -0.15) is 11.3 Å². The number of nitrogens with zero attached hydrogens (tertiary/aromatic N) is 3. The summed E-state index contributed by atoms with van der Waals surface area (Å²) in [5.41, 5.74) is 3.27. The van der Waals surface area contributed by atoms with Crippen LogP contribution in [-0.4, -0.2) is 21.1 Å². The molecule has 0 aliphatic rings. The molecule has 0 radical (unpaired) electrons. The monoisotopic (exact) mass is 348 g/mol. The number of carbonyl (C=O) groups excluding carboxylic acids is 1. The average molecular weight is 348 g/mol. The number of benzene rings is 1. The molecule has 0 spiro atoms. The summed E-state index contributed by atoms with van der Waals surface area (Å²) >= 11 is 1.64. The van der Waals surface area contributed by atoms with Gasteiger partial charge in [0.15, 0.2) is 0 Å². The zero-order valence-corrected chi connectivity index (χ0v) is 13.7. The Bertz CT molecular complexity index is 997. The van der Waals surface area contributed by atoms with Crippen molar-refractivity contribution in [3.8, 4) is 22.6 Å². The summed E-state index contributed by atoms with van der Waals surface area (Å²) in [6.45, 7) is 0. The van der Waals surface area contributed by atoms with Crippen LogP contribution in [0.1, 0.15) is 10.5 Å². The first-order valence-corrected chi connectivity index (χ1v) is 8.43. The molecule has 0 unspecified atom stereocenters. The van der Waals surface area contributed by atoms with E-state index in [0.717, 1.165) is 16.7 Å². The quantitative estimate of drug-likeness (QED) is 0.600. The summed E-state index contributed by atoms with van der Waals surface area (Å²) in [5.74, 6) is -0.0591. The van der Waals surface area contributed by atoms with E-state index < -0.39 is 5.91 Å². The standard InChI is InChI=1S/C18H12N4O2S/c23-16(15-6-1-2-8-19-15)20-18-22-21-17(24-18)13-5-3-4-12(10-13)14-7-9-25-11-14/h1-11H,(H,20,22,23). The van der Waals surface area contributed by atoms with Crippen LogP contribution >= 0.6 is 11.3 Å². The second-order valence-electron chi connectivity index (χ2n) is 5.17. The van der Waals surface area contributed by atoms with Gasteiger partial charge in [0.25, 0.3) is 5.91 Å². The van der Waals surface area contributed by atoms with Crippen LogP contribution in [0.2, 0.25) is 0 Å². The van der Waals surface area contributed by atoms with Gasteiger partial charge in [0.05, 0.1) is 0 Å². The van der Waals surface area contributed by atoms with Gasteiger partial charge in [0, 0.05) is 11.8 Å². The SMILES string of the molecule is O=C(Nc1nnc(-c2cccc(-c3ccsc3)c2)o1)c1ccccn1. The molecule has 3 heterocycles. The molecule has 0 saturated carbocycles. The third kappa shape index (κ3) is 3.31. The maximum Gasteiger partial charge on any atom is 0.322 e. The maximum atomic E-state index is 12.1. The van der Waals surface area contributed by atoms with Crippen LogP contribution in [0.4, 0.5) is 6.01 Å². The first-order chi connectivity index (χ1) is 12.3. The molecule has 4 aromatic rings. The smallest absolute Gasteiger partial charge is 0.322 e. The van der Waals surface area contributed by atoms with Crippen LogP contribution in [-0.2, 0) is 0 Å². The van der Waals surface area contributed by atoms with Crippen LogP contribution in [0.5, 0.6) is 0 Å². The number of nitrogens with one attached hydrogen (secondary N) is 1. The number of rotatable bonds is 4. The Morgan fingerprint density at radius 3 is 2.72 bits per heavy atom. The molecule has 0 aliphatic carbocycles. The van der Waals surface area contributed by atoms with E-state index in [1.807, 2.05) is 29.6 Å². The molecule has 0 aliphatic heterocycles. The first kappa shape index (κ1) is 15.2. The lowest BCUT2D eigenvalue weighted by atomic mass is 10.1. The molecule has 0 bridgehead atoms. The predicted octanol–water partition coefficient (Wildman–Crippen LogP) is 4.11. The van der Waals surface area contributed by atoms with Crippen molar-refractivity contribution in [3.63, 3.8) is 0 Å². The number of pyridine rings is 1. The molecule has 0 saturated heterocycles. The molecule has 0 atom stereocenters. The van der Waals surface area contributed by atoms with Gasteiger partial charge in [0.1, 0.15) is 5.69 Å². The van der Waals surface area contributed by atoms with Gasteiger partial charge in [-0.1, -0.05) is 23.3 Å². The van der Waals surface area contributed by atoms with Gasteiger partial charge in [0.2, 0.25) is 5.89 Å². The van der Waals surface area contributed by atoms with E-state index in [-0.39, 0.29) is 11.7 Å². The minimum Gasteiger partial charge on any atom is -0.403 e. The summed E-state index contributed by atoms with van der Waals surface area (Å²) in [6.07, 6.45) is 1.55. The highest BCUT2D eigenvalue weighted by atomic mass is 32.1. The third-order valence-corrected chi connectivity index (χ3v) is 4.19. The van der Waals surface area contributed by atoms with E-state index >= 15 is 0 Å². The minimum atomic E-state index is -0.400. The van der Waals surface area contributed by atoms with Crippen LogP contribution < -0.4 is 5.32 Å². The topological polar surface area (TPSA) is 80.9 Å². The summed E-state index contributed by atoms with van der Waals surface area (Å²) < 4.78 is 5.55. The Labute approximate surface area is 147 Å². The fourth-order valence-electron chi connectivity index (χ4n) is 2.31. The molecule has 0 fully saturated rings. The maximum absolute atomic E-state index is 12.1. The van der Waals surface area contributed by atoms with Crippen molar-refractivity contribution in [2.45, 2.75) is 0 Å². The normalized spacial score (nSPS) is 10.6. The third-order valence-electron chi connectivity index (χ3n) is 3.51. The zero-order valence-electron chi connectivity index (χ0n) is 12.9. The molecule has 7 heteroatoms. The molecule has 25 heavy (non-hydrogen) atoms. The van der Waals surface area contributed by atoms with Crippen molar-refractivity contribution in [1.29, 1.82) is 0 Å². The second kappa shape index (κ2) is 6.66. The van der Waals surface area contributed by atoms with Crippen molar-refractivity contribution >= 4 is 23.3 Å². The number of amides is 1. The summed E-state index contributed by atoms with van der Waals surface area (Å²) in [6, 6.07) is 15.0. The van der Waals surface area contributed by atoms with E-state index in [0.29, 0.717) is 5.89 Å². The first-order valence-electron chi connectivity index (χ1n) is 7.48. The Hall–Kier alpha value is -3.32. The van der Waals surface area contributed by atoms with Gasteiger partial charge in [-0.05, 0) is 52.2 Å².